The molecule has 1 fully saturated rings. The molecule has 4 nitrogen and oxygen atoms in total. The molecule has 0 aromatic heterocycles. The van der Waals surface area contributed by atoms with Gasteiger partial charge in [0.05, 0.1) is 5.60 Å². The van der Waals surface area contributed by atoms with Gasteiger partial charge in [-0.05, 0) is 19.8 Å². The van der Waals surface area contributed by atoms with E-state index in [1.807, 2.05) is 6.92 Å². The standard InChI is InChI=1S/C13H27NO3/c1-12(15,9-11(16-2)17-3)13(10-14)7-5-4-6-8-13/h11,15H,4-10,14H2,1-3H3. The van der Waals surface area contributed by atoms with E-state index in [0.717, 1.165) is 25.7 Å². The summed E-state index contributed by atoms with van der Waals surface area (Å²) in [5, 5.41) is 10.8. The fourth-order valence-corrected chi connectivity index (χ4v) is 3.00. The molecule has 1 atom stereocenters. The molecule has 0 aromatic rings. The van der Waals surface area contributed by atoms with Gasteiger partial charge in [-0.3, -0.25) is 0 Å². The van der Waals surface area contributed by atoms with Crippen LogP contribution in [0.5, 0.6) is 0 Å². The molecule has 0 radical (unpaired) electrons. The van der Waals surface area contributed by atoms with Crippen LogP contribution >= 0.6 is 0 Å². The molecule has 1 aliphatic rings. The maximum Gasteiger partial charge on any atom is 0.159 e. The van der Waals surface area contributed by atoms with E-state index in [-0.39, 0.29) is 11.7 Å². The fourth-order valence-electron chi connectivity index (χ4n) is 3.00. The highest BCUT2D eigenvalue weighted by Gasteiger charge is 2.47. The van der Waals surface area contributed by atoms with Crippen molar-refractivity contribution in [3.05, 3.63) is 0 Å². The monoisotopic (exact) mass is 245 g/mol. The summed E-state index contributed by atoms with van der Waals surface area (Å²) in [4.78, 5) is 0. The second-order valence-corrected chi connectivity index (χ2v) is 5.42. The average Bonchev–Trinajstić information content (AvgIpc) is 2.36. The normalized spacial score (nSPS) is 23.6. The van der Waals surface area contributed by atoms with Crippen molar-refractivity contribution in [3.8, 4) is 0 Å². The first-order chi connectivity index (χ1) is 8.01. The van der Waals surface area contributed by atoms with Crippen molar-refractivity contribution in [2.45, 2.75) is 57.3 Å². The smallest absolute Gasteiger partial charge is 0.159 e. The van der Waals surface area contributed by atoms with Crippen LogP contribution in [0.2, 0.25) is 0 Å². The van der Waals surface area contributed by atoms with Gasteiger partial charge in [0.25, 0.3) is 0 Å². The first kappa shape index (κ1) is 14.9. The summed E-state index contributed by atoms with van der Waals surface area (Å²) in [5.41, 5.74) is 4.93. The molecular weight excluding hydrogens is 218 g/mol. The zero-order valence-electron chi connectivity index (χ0n) is 11.4. The molecule has 1 saturated carbocycles. The summed E-state index contributed by atoms with van der Waals surface area (Å²) in [5.74, 6) is 0. The van der Waals surface area contributed by atoms with Crippen molar-refractivity contribution >= 4 is 0 Å². The Labute approximate surface area is 104 Å². The van der Waals surface area contributed by atoms with Crippen molar-refractivity contribution in [2.75, 3.05) is 20.8 Å². The minimum Gasteiger partial charge on any atom is -0.389 e. The molecule has 0 bridgehead atoms. The molecule has 0 heterocycles. The molecule has 0 aromatic carbocycles. The van der Waals surface area contributed by atoms with Crippen LogP contribution in [0.25, 0.3) is 0 Å². The summed E-state index contributed by atoms with van der Waals surface area (Å²) in [6.07, 6.45) is 5.64. The molecule has 0 amide bonds. The number of hydrogen-bond acceptors (Lipinski definition) is 4. The number of rotatable bonds is 6. The Balaban J connectivity index is 2.76. The molecule has 4 heteroatoms. The lowest BCUT2D eigenvalue weighted by molar-refractivity contribution is -0.175. The average molecular weight is 245 g/mol. The van der Waals surface area contributed by atoms with Gasteiger partial charge in [-0.15, -0.1) is 0 Å². The van der Waals surface area contributed by atoms with E-state index < -0.39 is 5.60 Å². The van der Waals surface area contributed by atoms with Crippen LogP contribution in [0.15, 0.2) is 0 Å². The van der Waals surface area contributed by atoms with Gasteiger partial charge in [0.2, 0.25) is 0 Å². The second-order valence-electron chi connectivity index (χ2n) is 5.42. The predicted molar refractivity (Wildman–Crippen MR) is 67.6 cm³/mol. The van der Waals surface area contributed by atoms with Crippen LogP contribution in [0, 0.1) is 5.41 Å². The molecule has 1 aliphatic carbocycles. The molecule has 0 spiro atoms. The van der Waals surface area contributed by atoms with Gasteiger partial charge in [-0.1, -0.05) is 19.3 Å². The summed E-state index contributed by atoms with van der Waals surface area (Å²) in [6, 6.07) is 0. The molecule has 1 unspecified atom stereocenters. The second kappa shape index (κ2) is 6.14. The maximum absolute atomic E-state index is 10.8. The van der Waals surface area contributed by atoms with E-state index in [9.17, 15) is 5.11 Å². The number of methoxy groups -OCH3 is 2. The van der Waals surface area contributed by atoms with Crippen LogP contribution in [0.1, 0.15) is 45.4 Å². The van der Waals surface area contributed by atoms with Gasteiger partial charge in [0.1, 0.15) is 0 Å². The Morgan fingerprint density at radius 2 is 1.76 bits per heavy atom. The van der Waals surface area contributed by atoms with E-state index in [0.29, 0.717) is 13.0 Å². The third-order valence-electron chi connectivity index (χ3n) is 4.43. The molecule has 0 aliphatic heterocycles. The Hall–Kier alpha value is -0.160. The van der Waals surface area contributed by atoms with E-state index in [2.05, 4.69) is 0 Å². The van der Waals surface area contributed by atoms with Crippen LogP contribution in [0.4, 0.5) is 0 Å². The Morgan fingerprint density at radius 1 is 1.24 bits per heavy atom. The van der Waals surface area contributed by atoms with Crippen molar-refractivity contribution in [1.29, 1.82) is 0 Å². The Kier molecular flexibility index (Phi) is 5.38. The highest BCUT2D eigenvalue weighted by molar-refractivity contribution is 4.98. The fraction of sp³-hybridized carbons (Fsp3) is 1.00. The van der Waals surface area contributed by atoms with E-state index in [4.69, 9.17) is 15.2 Å². The van der Waals surface area contributed by atoms with Gasteiger partial charge in [0, 0.05) is 32.6 Å². The predicted octanol–water partition coefficient (Wildman–Crippen LogP) is 1.66. The molecular formula is C13H27NO3. The number of hydrogen-bond donors (Lipinski definition) is 2. The van der Waals surface area contributed by atoms with E-state index in [1.54, 1.807) is 14.2 Å². The number of ether oxygens (including phenoxy) is 2. The summed E-state index contributed by atoms with van der Waals surface area (Å²) >= 11 is 0. The topological polar surface area (TPSA) is 64.7 Å². The molecule has 3 N–H and O–H groups in total. The quantitative estimate of drug-likeness (QED) is 0.698. The van der Waals surface area contributed by atoms with Crippen molar-refractivity contribution in [1.82, 2.24) is 0 Å². The lowest BCUT2D eigenvalue weighted by Gasteiger charge is -2.48. The van der Waals surface area contributed by atoms with Gasteiger partial charge in [-0.25, -0.2) is 0 Å². The van der Waals surface area contributed by atoms with Crippen molar-refractivity contribution < 1.29 is 14.6 Å². The third kappa shape index (κ3) is 3.19. The minimum absolute atomic E-state index is 0.180. The third-order valence-corrected chi connectivity index (χ3v) is 4.43. The zero-order chi connectivity index (χ0) is 12.9. The Morgan fingerprint density at radius 3 is 2.18 bits per heavy atom. The molecule has 0 saturated heterocycles. The van der Waals surface area contributed by atoms with Gasteiger partial charge in [-0.2, -0.15) is 0 Å². The zero-order valence-corrected chi connectivity index (χ0v) is 11.4. The highest BCUT2D eigenvalue weighted by atomic mass is 16.7. The molecule has 1 rings (SSSR count). The first-order valence-corrected chi connectivity index (χ1v) is 6.49. The lowest BCUT2D eigenvalue weighted by Crippen LogP contribution is -2.53. The van der Waals surface area contributed by atoms with Crippen molar-refractivity contribution in [3.63, 3.8) is 0 Å². The van der Waals surface area contributed by atoms with Gasteiger partial charge in [0.15, 0.2) is 6.29 Å². The summed E-state index contributed by atoms with van der Waals surface area (Å²) in [6.45, 7) is 2.40. The Bertz CT molecular complexity index is 221. The summed E-state index contributed by atoms with van der Waals surface area (Å²) in [7, 11) is 3.19. The van der Waals surface area contributed by atoms with Gasteiger partial charge < -0.3 is 20.3 Å². The number of aliphatic hydroxyl groups is 1. The van der Waals surface area contributed by atoms with Crippen LogP contribution in [0.3, 0.4) is 0 Å². The molecule has 102 valence electrons. The number of nitrogens with two attached hydrogens (primary N) is 1. The van der Waals surface area contributed by atoms with E-state index in [1.165, 1.54) is 6.42 Å². The minimum atomic E-state index is -0.834. The van der Waals surface area contributed by atoms with Crippen LogP contribution in [-0.4, -0.2) is 37.8 Å². The van der Waals surface area contributed by atoms with E-state index >= 15 is 0 Å². The van der Waals surface area contributed by atoms with Crippen LogP contribution in [-0.2, 0) is 9.47 Å². The largest absolute Gasteiger partial charge is 0.389 e. The summed E-state index contributed by atoms with van der Waals surface area (Å²) < 4.78 is 10.4. The van der Waals surface area contributed by atoms with Gasteiger partial charge >= 0.3 is 0 Å². The first-order valence-electron chi connectivity index (χ1n) is 6.49. The maximum atomic E-state index is 10.8. The lowest BCUT2D eigenvalue weighted by atomic mass is 9.62. The van der Waals surface area contributed by atoms with Crippen molar-refractivity contribution in [2.24, 2.45) is 11.1 Å². The van der Waals surface area contributed by atoms with Crippen LogP contribution < -0.4 is 5.73 Å². The SMILES string of the molecule is COC(CC(C)(O)C1(CN)CCCCC1)OC. The highest BCUT2D eigenvalue weighted by Crippen LogP contribution is 2.46. The molecule has 17 heavy (non-hydrogen) atoms.